The van der Waals surface area contributed by atoms with Gasteiger partial charge >= 0.3 is 0 Å². The van der Waals surface area contributed by atoms with E-state index < -0.39 is 0 Å². The maximum Gasteiger partial charge on any atom is 0.281 e. The number of nitrogens with one attached hydrogen (secondary N) is 1. The van der Waals surface area contributed by atoms with Crippen LogP contribution in [-0.2, 0) is 20.1 Å². The monoisotopic (exact) mass is 441 g/mol. The number of anilines is 2. The molecule has 1 aliphatic rings. The molecule has 8 nitrogen and oxygen atoms in total. The molecule has 0 spiro atoms. The van der Waals surface area contributed by atoms with E-state index in [2.05, 4.69) is 15.2 Å². The lowest BCUT2D eigenvalue weighted by Crippen LogP contribution is -2.44. The average molecular weight is 442 g/mol. The number of hydrogen-bond donors (Lipinski definition) is 2. The van der Waals surface area contributed by atoms with Crippen molar-refractivity contribution < 1.29 is 0 Å². The van der Waals surface area contributed by atoms with Crippen LogP contribution < -0.4 is 21.5 Å². The minimum atomic E-state index is -0.152. The van der Waals surface area contributed by atoms with Gasteiger partial charge in [-0.3, -0.25) is 9.36 Å². The average Bonchev–Trinajstić information content (AvgIpc) is 3.13. The van der Waals surface area contributed by atoms with Crippen LogP contribution in [-0.4, -0.2) is 38.2 Å². The molecule has 1 unspecified atom stereocenters. The molecule has 9 heteroatoms. The predicted octanol–water partition coefficient (Wildman–Crippen LogP) is 2.81. The zero-order valence-corrected chi connectivity index (χ0v) is 18.6. The van der Waals surface area contributed by atoms with Crippen molar-refractivity contribution in [1.29, 1.82) is 0 Å². The normalized spacial score (nSPS) is 17.4. The molecule has 1 fully saturated rings. The molecule has 0 saturated carbocycles. The van der Waals surface area contributed by atoms with Crippen LogP contribution >= 0.6 is 11.6 Å². The van der Waals surface area contributed by atoms with Gasteiger partial charge in [-0.05, 0) is 25.3 Å². The molecule has 2 aromatic heterocycles. The Bertz CT molecular complexity index is 1150. The molecule has 0 radical (unpaired) electrons. The Labute approximate surface area is 186 Å². The molecule has 3 heterocycles. The van der Waals surface area contributed by atoms with E-state index in [0.29, 0.717) is 47.7 Å². The highest BCUT2D eigenvalue weighted by atomic mass is 35.5. The van der Waals surface area contributed by atoms with Gasteiger partial charge in [0, 0.05) is 44.3 Å². The summed E-state index contributed by atoms with van der Waals surface area (Å²) >= 11 is 6.09. The van der Waals surface area contributed by atoms with Crippen molar-refractivity contribution in [3.05, 3.63) is 57.4 Å². The number of fused-ring (bicyclic) bond motifs is 1. The van der Waals surface area contributed by atoms with Crippen molar-refractivity contribution in [1.82, 2.24) is 19.1 Å². The zero-order valence-electron chi connectivity index (χ0n) is 17.9. The van der Waals surface area contributed by atoms with Gasteiger partial charge < -0.3 is 20.5 Å². The fraction of sp³-hybridized carbons (Fsp3) is 0.409. The molecular formula is C22H28ClN7O. The van der Waals surface area contributed by atoms with E-state index in [-0.39, 0.29) is 11.6 Å². The minimum absolute atomic E-state index is 0.0891. The molecule has 1 atom stereocenters. The van der Waals surface area contributed by atoms with Gasteiger partial charge in [0.05, 0.1) is 0 Å². The Morgan fingerprint density at radius 1 is 1.32 bits per heavy atom. The lowest BCUT2D eigenvalue weighted by Gasteiger charge is -2.31. The van der Waals surface area contributed by atoms with Crippen LogP contribution in [0.3, 0.4) is 0 Å². The molecule has 1 saturated heterocycles. The Hall–Kier alpha value is -2.84. The van der Waals surface area contributed by atoms with Crippen LogP contribution in [0.1, 0.15) is 25.3 Å². The summed E-state index contributed by atoms with van der Waals surface area (Å²) in [4.78, 5) is 24.9. The van der Waals surface area contributed by atoms with E-state index in [4.69, 9.17) is 22.3 Å². The second kappa shape index (κ2) is 9.11. The molecule has 3 aromatic rings. The zero-order chi connectivity index (χ0) is 22.0. The molecule has 3 N–H and O–H groups in total. The number of nitrogens with two attached hydrogens (primary N) is 1. The van der Waals surface area contributed by atoms with Crippen molar-refractivity contribution in [3.8, 4) is 0 Å². The van der Waals surface area contributed by atoms with Crippen molar-refractivity contribution in [2.75, 3.05) is 23.3 Å². The van der Waals surface area contributed by atoms with Gasteiger partial charge in [0.25, 0.3) is 5.56 Å². The fourth-order valence-electron chi connectivity index (χ4n) is 3.91. The van der Waals surface area contributed by atoms with Gasteiger partial charge in [-0.25, -0.2) is 0 Å². The number of imidazole rings is 1. The van der Waals surface area contributed by atoms with Gasteiger partial charge in [0.15, 0.2) is 11.2 Å². The van der Waals surface area contributed by atoms with Crippen molar-refractivity contribution in [2.24, 2.45) is 12.8 Å². The Morgan fingerprint density at radius 3 is 2.81 bits per heavy atom. The smallest absolute Gasteiger partial charge is 0.281 e. The molecule has 0 amide bonds. The van der Waals surface area contributed by atoms with Crippen LogP contribution in [0.2, 0.25) is 0 Å². The van der Waals surface area contributed by atoms with Crippen LogP contribution in [0.25, 0.3) is 11.2 Å². The molecular weight excluding hydrogens is 414 g/mol. The summed E-state index contributed by atoms with van der Waals surface area (Å²) in [6.45, 7) is 4.38. The highest BCUT2D eigenvalue weighted by Crippen LogP contribution is 2.24. The number of aromatic nitrogens is 4. The van der Waals surface area contributed by atoms with E-state index >= 15 is 0 Å². The summed E-state index contributed by atoms with van der Waals surface area (Å²) in [5.74, 6) is 1.20. The Balaban J connectivity index is 1.76. The largest absolute Gasteiger partial charge is 0.351 e. The second-order valence-corrected chi connectivity index (χ2v) is 8.57. The number of hydrogen-bond acceptors (Lipinski definition) is 6. The third-order valence-electron chi connectivity index (χ3n) is 5.56. The van der Waals surface area contributed by atoms with E-state index in [9.17, 15) is 4.79 Å². The standard InChI is InChI=1S/C22H28ClN7O/c1-15(23)10-12-30-18-19(27-22(30)29-11-6-9-17(24)14-29)26-21(28(2)20(18)31)25-13-16-7-4-3-5-8-16/h3-5,7-8,10,17H,6,9,11-14,24H2,1-2H3,(H,25,26). The third kappa shape index (κ3) is 4.60. The number of rotatable bonds is 6. The van der Waals surface area contributed by atoms with Gasteiger partial charge in [0.2, 0.25) is 11.9 Å². The lowest BCUT2D eigenvalue weighted by atomic mass is 10.1. The van der Waals surface area contributed by atoms with E-state index in [1.807, 2.05) is 47.9 Å². The van der Waals surface area contributed by atoms with Crippen molar-refractivity contribution in [2.45, 2.75) is 38.9 Å². The number of allylic oxidation sites excluding steroid dienone is 2. The Kier molecular flexibility index (Phi) is 6.29. The Morgan fingerprint density at radius 2 is 2.10 bits per heavy atom. The van der Waals surface area contributed by atoms with E-state index in [1.54, 1.807) is 7.05 Å². The number of benzene rings is 1. The maximum atomic E-state index is 13.3. The van der Waals surface area contributed by atoms with Crippen molar-refractivity contribution in [3.63, 3.8) is 0 Å². The molecule has 1 aromatic carbocycles. The van der Waals surface area contributed by atoms with E-state index in [0.717, 1.165) is 24.9 Å². The number of nitrogens with zero attached hydrogens (tertiary/aromatic N) is 5. The first-order valence-electron chi connectivity index (χ1n) is 10.5. The van der Waals surface area contributed by atoms with Crippen LogP contribution in [0.5, 0.6) is 0 Å². The molecule has 31 heavy (non-hydrogen) atoms. The predicted molar refractivity (Wildman–Crippen MR) is 126 cm³/mol. The third-order valence-corrected chi connectivity index (χ3v) is 5.71. The SMILES string of the molecule is CC(Cl)=CCn1c(N2CCCC(N)C2)nc2nc(NCc3ccccc3)n(C)c(=O)c21. The highest BCUT2D eigenvalue weighted by Gasteiger charge is 2.25. The molecule has 164 valence electrons. The van der Waals surface area contributed by atoms with Gasteiger partial charge in [0.1, 0.15) is 0 Å². The van der Waals surface area contributed by atoms with Gasteiger partial charge in [-0.2, -0.15) is 9.97 Å². The van der Waals surface area contributed by atoms with Crippen LogP contribution in [0, 0.1) is 0 Å². The van der Waals surface area contributed by atoms with Crippen molar-refractivity contribution >= 4 is 34.7 Å². The summed E-state index contributed by atoms with van der Waals surface area (Å²) in [5, 5.41) is 3.92. The molecule has 0 aliphatic carbocycles. The summed E-state index contributed by atoms with van der Waals surface area (Å²) in [5.41, 5.74) is 8.04. The van der Waals surface area contributed by atoms with E-state index in [1.165, 1.54) is 4.57 Å². The number of piperidine rings is 1. The highest BCUT2D eigenvalue weighted by molar-refractivity contribution is 6.29. The molecule has 0 bridgehead atoms. The van der Waals surface area contributed by atoms with Gasteiger partial charge in [-0.15, -0.1) is 0 Å². The van der Waals surface area contributed by atoms with Crippen LogP contribution in [0.15, 0.2) is 46.2 Å². The summed E-state index contributed by atoms with van der Waals surface area (Å²) in [6.07, 6.45) is 3.85. The number of halogens is 1. The maximum absolute atomic E-state index is 13.3. The van der Waals surface area contributed by atoms with Gasteiger partial charge in [-0.1, -0.05) is 48.0 Å². The summed E-state index contributed by atoms with van der Waals surface area (Å²) < 4.78 is 3.43. The van der Waals surface area contributed by atoms with Crippen LogP contribution in [0.4, 0.5) is 11.9 Å². The minimum Gasteiger partial charge on any atom is -0.351 e. The molecule has 4 rings (SSSR count). The summed E-state index contributed by atoms with van der Waals surface area (Å²) in [7, 11) is 1.72. The fourth-order valence-corrected chi connectivity index (χ4v) is 3.98. The lowest BCUT2D eigenvalue weighted by molar-refractivity contribution is 0.495. The first kappa shape index (κ1) is 21.4. The molecule has 1 aliphatic heterocycles. The topological polar surface area (TPSA) is 94.0 Å². The quantitative estimate of drug-likeness (QED) is 0.610. The first-order valence-corrected chi connectivity index (χ1v) is 10.9. The summed E-state index contributed by atoms with van der Waals surface area (Å²) in [6, 6.07) is 10.1. The second-order valence-electron chi connectivity index (χ2n) is 7.97. The first-order chi connectivity index (χ1) is 14.9.